The molecule has 0 spiro atoms. The van der Waals surface area contributed by atoms with Crippen molar-refractivity contribution >= 4 is 11.6 Å². The number of amides is 1. The van der Waals surface area contributed by atoms with Crippen LogP contribution in [0.1, 0.15) is 24.8 Å². The van der Waals surface area contributed by atoms with E-state index in [9.17, 15) is 4.79 Å². The Morgan fingerprint density at radius 3 is 2.74 bits per heavy atom. The highest BCUT2D eigenvalue weighted by atomic mass is 16.5. The third-order valence-electron chi connectivity index (χ3n) is 3.97. The number of nitrogens with zero attached hydrogens (tertiary/aromatic N) is 1. The largest absolute Gasteiger partial charge is 0.399 e. The quantitative estimate of drug-likeness (QED) is 0.840. The van der Waals surface area contributed by atoms with Crippen molar-refractivity contribution in [2.45, 2.75) is 37.9 Å². The highest BCUT2D eigenvalue weighted by Gasteiger charge is 2.35. The number of morpholine rings is 1. The van der Waals surface area contributed by atoms with Crippen LogP contribution < -0.4 is 5.73 Å². The number of carbonyl (C=O) groups excluding carboxylic acids is 1. The summed E-state index contributed by atoms with van der Waals surface area (Å²) in [6.45, 7) is 1.54. The molecule has 102 valence electrons. The van der Waals surface area contributed by atoms with Gasteiger partial charge >= 0.3 is 0 Å². The van der Waals surface area contributed by atoms with Crippen LogP contribution in [0.2, 0.25) is 0 Å². The molecule has 0 aliphatic carbocycles. The molecule has 2 aliphatic heterocycles. The molecule has 19 heavy (non-hydrogen) atoms. The number of ether oxygens (including phenoxy) is 1. The number of fused-ring (bicyclic) bond motifs is 2. The maximum atomic E-state index is 12.2. The van der Waals surface area contributed by atoms with Crippen molar-refractivity contribution in [1.29, 1.82) is 0 Å². The Hall–Kier alpha value is -1.55. The fourth-order valence-corrected chi connectivity index (χ4v) is 2.98. The highest BCUT2D eigenvalue weighted by Crippen LogP contribution is 2.26. The standard InChI is InChI=1S/C15H20N2O2/c16-12-3-1-2-11(8-12)4-7-15(18)17-9-13-5-6-14(10-17)19-13/h1-3,8,13-14H,4-7,9-10,16H2. The van der Waals surface area contributed by atoms with Gasteiger partial charge in [0.25, 0.3) is 0 Å². The van der Waals surface area contributed by atoms with E-state index >= 15 is 0 Å². The third kappa shape index (κ3) is 2.89. The molecule has 2 saturated heterocycles. The normalized spacial score (nSPS) is 25.6. The molecule has 1 aromatic carbocycles. The number of benzene rings is 1. The van der Waals surface area contributed by atoms with Crippen LogP contribution in [0.25, 0.3) is 0 Å². The lowest BCUT2D eigenvalue weighted by molar-refractivity contribution is -0.139. The van der Waals surface area contributed by atoms with E-state index in [0.29, 0.717) is 6.42 Å². The van der Waals surface area contributed by atoms with Gasteiger partial charge in [0, 0.05) is 25.2 Å². The Balaban J connectivity index is 1.54. The minimum Gasteiger partial charge on any atom is -0.399 e. The van der Waals surface area contributed by atoms with Crippen molar-refractivity contribution in [3.05, 3.63) is 29.8 Å². The number of anilines is 1. The number of carbonyl (C=O) groups is 1. The van der Waals surface area contributed by atoms with Crippen molar-refractivity contribution in [1.82, 2.24) is 4.90 Å². The van der Waals surface area contributed by atoms with Gasteiger partial charge in [-0.15, -0.1) is 0 Å². The maximum absolute atomic E-state index is 12.2. The summed E-state index contributed by atoms with van der Waals surface area (Å²) in [6.07, 6.45) is 4.07. The Morgan fingerprint density at radius 2 is 2.05 bits per heavy atom. The van der Waals surface area contributed by atoms with Gasteiger partial charge in [-0.3, -0.25) is 4.79 Å². The molecule has 2 fully saturated rings. The van der Waals surface area contributed by atoms with Crippen LogP contribution in [0.3, 0.4) is 0 Å². The minimum absolute atomic E-state index is 0.239. The van der Waals surface area contributed by atoms with Crippen LogP contribution in [0.5, 0.6) is 0 Å². The van der Waals surface area contributed by atoms with Crippen molar-refractivity contribution in [2.24, 2.45) is 0 Å². The Morgan fingerprint density at radius 1 is 1.32 bits per heavy atom. The number of rotatable bonds is 3. The number of likely N-dealkylation sites (tertiary alicyclic amines) is 1. The number of hydrogen-bond acceptors (Lipinski definition) is 3. The van der Waals surface area contributed by atoms with E-state index < -0.39 is 0 Å². The van der Waals surface area contributed by atoms with Crippen LogP contribution in [0, 0.1) is 0 Å². The van der Waals surface area contributed by atoms with Crippen LogP contribution in [-0.4, -0.2) is 36.1 Å². The third-order valence-corrected chi connectivity index (χ3v) is 3.97. The molecule has 1 amide bonds. The summed E-state index contributed by atoms with van der Waals surface area (Å²) in [5.74, 6) is 0.239. The Labute approximate surface area is 113 Å². The number of hydrogen-bond donors (Lipinski definition) is 1. The second-order valence-electron chi connectivity index (χ2n) is 5.50. The molecule has 0 saturated carbocycles. The molecule has 4 nitrogen and oxygen atoms in total. The van der Waals surface area contributed by atoms with Crippen LogP contribution in [-0.2, 0) is 16.0 Å². The van der Waals surface area contributed by atoms with Crippen LogP contribution >= 0.6 is 0 Å². The topological polar surface area (TPSA) is 55.6 Å². The zero-order chi connectivity index (χ0) is 13.2. The summed E-state index contributed by atoms with van der Waals surface area (Å²) in [5, 5.41) is 0. The molecule has 2 N–H and O–H groups in total. The van der Waals surface area contributed by atoms with Crippen molar-refractivity contribution in [3.63, 3.8) is 0 Å². The van der Waals surface area contributed by atoms with Gasteiger partial charge in [0.1, 0.15) is 0 Å². The first-order valence-corrected chi connectivity index (χ1v) is 6.98. The van der Waals surface area contributed by atoms with Gasteiger partial charge in [-0.05, 0) is 37.0 Å². The molecule has 2 bridgehead atoms. The minimum atomic E-state index is 0.239. The van der Waals surface area contributed by atoms with Gasteiger partial charge in [-0.25, -0.2) is 0 Å². The molecule has 2 aliphatic rings. The molecule has 3 rings (SSSR count). The molecule has 2 heterocycles. The van der Waals surface area contributed by atoms with Crippen LogP contribution in [0.4, 0.5) is 5.69 Å². The number of nitrogen functional groups attached to an aromatic ring is 1. The van der Waals surface area contributed by atoms with Crippen molar-refractivity contribution in [2.75, 3.05) is 18.8 Å². The molecule has 1 aromatic rings. The summed E-state index contributed by atoms with van der Waals surface area (Å²) in [7, 11) is 0. The first-order chi connectivity index (χ1) is 9.20. The van der Waals surface area contributed by atoms with Gasteiger partial charge in [0.2, 0.25) is 5.91 Å². The van der Waals surface area contributed by atoms with E-state index in [1.165, 1.54) is 0 Å². The number of nitrogens with two attached hydrogens (primary N) is 1. The molecular weight excluding hydrogens is 240 g/mol. The van der Waals surface area contributed by atoms with Crippen molar-refractivity contribution in [3.8, 4) is 0 Å². The maximum Gasteiger partial charge on any atom is 0.223 e. The van der Waals surface area contributed by atoms with E-state index in [0.717, 1.165) is 43.6 Å². The average Bonchev–Trinajstić information content (AvgIpc) is 2.75. The van der Waals surface area contributed by atoms with E-state index in [4.69, 9.17) is 10.5 Å². The molecular formula is C15H20N2O2. The monoisotopic (exact) mass is 260 g/mol. The smallest absolute Gasteiger partial charge is 0.223 e. The van der Waals surface area contributed by atoms with Gasteiger partial charge in [0.05, 0.1) is 12.2 Å². The van der Waals surface area contributed by atoms with Gasteiger partial charge < -0.3 is 15.4 Å². The molecule has 2 unspecified atom stereocenters. The summed E-state index contributed by atoms with van der Waals surface area (Å²) in [4.78, 5) is 14.2. The first kappa shape index (κ1) is 12.5. The summed E-state index contributed by atoms with van der Waals surface area (Å²) in [6, 6.07) is 7.76. The van der Waals surface area contributed by atoms with Gasteiger partial charge in [-0.2, -0.15) is 0 Å². The lowest BCUT2D eigenvalue weighted by atomic mass is 10.1. The second-order valence-corrected chi connectivity index (χ2v) is 5.50. The Kier molecular flexibility index (Phi) is 3.42. The molecule has 0 aromatic heterocycles. The zero-order valence-corrected chi connectivity index (χ0v) is 11.0. The fraction of sp³-hybridized carbons (Fsp3) is 0.533. The van der Waals surface area contributed by atoms with Gasteiger partial charge in [0.15, 0.2) is 0 Å². The predicted molar refractivity (Wildman–Crippen MR) is 73.7 cm³/mol. The molecule has 4 heteroatoms. The number of aryl methyl sites for hydroxylation is 1. The summed E-state index contributed by atoms with van der Waals surface area (Å²) in [5.41, 5.74) is 7.63. The van der Waals surface area contributed by atoms with Crippen LogP contribution in [0.15, 0.2) is 24.3 Å². The zero-order valence-electron chi connectivity index (χ0n) is 11.0. The fourth-order valence-electron chi connectivity index (χ4n) is 2.98. The SMILES string of the molecule is Nc1cccc(CCC(=O)N2CC3CCC(C2)O3)c1. The van der Waals surface area contributed by atoms with E-state index in [1.807, 2.05) is 29.2 Å². The van der Waals surface area contributed by atoms with Gasteiger partial charge in [-0.1, -0.05) is 12.1 Å². The molecule has 0 radical (unpaired) electrons. The summed E-state index contributed by atoms with van der Waals surface area (Å²) >= 11 is 0. The Bertz CT molecular complexity index is 463. The lowest BCUT2D eigenvalue weighted by Gasteiger charge is -2.32. The lowest BCUT2D eigenvalue weighted by Crippen LogP contribution is -2.45. The van der Waals surface area contributed by atoms with Crippen molar-refractivity contribution < 1.29 is 9.53 Å². The molecule has 2 atom stereocenters. The predicted octanol–water partition coefficient (Wildman–Crippen LogP) is 1.59. The first-order valence-electron chi connectivity index (χ1n) is 6.98. The van der Waals surface area contributed by atoms with E-state index in [-0.39, 0.29) is 18.1 Å². The second kappa shape index (κ2) is 5.21. The van der Waals surface area contributed by atoms with E-state index in [2.05, 4.69) is 0 Å². The average molecular weight is 260 g/mol. The summed E-state index contributed by atoms with van der Waals surface area (Å²) < 4.78 is 5.75. The highest BCUT2D eigenvalue weighted by molar-refractivity contribution is 5.76. The van der Waals surface area contributed by atoms with E-state index in [1.54, 1.807) is 0 Å².